The summed E-state index contributed by atoms with van der Waals surface area (Å²) in [7, 11) is 0. The van der Waals surface area contributed by atoms with Crippen molar-refractivity contribution in [1.82, 2.24) is 19.2 Å². The van der Waals surface area contributed by atoms with Crippen LogP contribution < -0.4 is 20.9 Å². The molecule has 0 amide bonds. The van der Waals surface area contributed by atoms with Crippen LogP contribution in [0.5, 0.6) is 11.5 Å². The molecule has 9 heteroatoms. The molecule has 0 saturated heterocycles. The number of aromatic nitrogens is 4. The van der Waals surface area contributed by atoms with E-state index in [1.165, 1.54) is 0 Å². The van der Waals surface area contributed by atoms with E-state index in [1.807, 2.05) is 0 Å². The van der Waals surface area contributed by atoms with Crippen LogP contribution in [-0.2, 0) is 0 Å². The van der Waals surface area contributed by atoms with Gasteiger partial charge in [0.1, 0.15) is 0 Å². The molecule has 2 aromatic heterocycles. The second kappa shape index (κ2) is 5.31. The van der Waals surface area contributed by atoms with Crippen LogP contribution in [0.25, 0.3) is 23.0 Å². The topological polar surface area (TPSA) is 101 Å². The lowest BCUT2D eigenvalue weighted by atomic mass is 10.2. The molecular formula is C17H10N4O5. The van der Waals surface area contributed by atoms with Crippen LogP contribution in [0.15, 0.2) is 62.5 Å². The Morgan fingerprint density at radius 2 is 1.77 bits per heavy atom. The van der Waals surface area contributed by atoms with Crippen molar-refractivity contribution in [1.29, 1.82) is 0 Å². The number of para-hydroxylation sites is 1. The highest BCUT2D eigenvalue weighted by atomic mass is 16.7. The second-order valence-electron chi connectivity index (χ2n) is 5.52. The summed E-state index contributed by atoms with van der Waals surface area (Å²) in [5.41, 5.74) is -0.439. The molecule has 0 N–H and O–H groups in total. The van der Waals surface area contributed by atoms with Crippen molar-refractivity contribution in [2.45, 2.75) is 0 Å². The third-order valence-electron chi connectivity index (χ3n) is 3.95. The average Bonchev–Trinajstić information content (AvgIpc) is 3.28. The molecule has 0 bridgehead atoms. The van der Waals surface area contributed by atoms with Crippen LogP contribution in [-0.4, -0.2) is 26.0 Å². The molecule has 4 aromatic rings. The quantitative estimate of drug-likeness (QED) is 0.536. The van der Waals surface area contributed by atoms with Gasteiger partial charge in [-0.2, -0.15) is 0 Å². The molecule has 0 atom stereocenters. The van der Waals surface area contributed by atoms with Gasteiger partial charge in [-0.25, -0.2) is 14.2 Å². The van der Waals surface area contributed by atoms with E-state index in [2.05, 4.69) is 10.1 Å². The average molecular weight is 350 g/mol. The number of hydrogen-bond donors (Lipinski definition) is 0. The van der Waals surface area contributed by atoms with Crippen LogP contribution in [0.4, 0.5) is 0 Å². The maximum Gasteiger partial charge on any atom is 0.362 e. The Bertz CT molecular complexity index is 1260. The highest BCUT2D eigenvalue weighted by Crippen LogP contribution is 2.35. The minimum absolute atomic E-state index is 0.137. The number of hydrogen-bond acceptors (Lipinski definition) is 7. The molecule has 1 aliphatic heterocycles. The molecule has 0 aliphatic carbocycles. The monoisotopic (exact) mass is 350 g/mol. The maximum absolute atomic E-state index is 12.7. The summed E-state index contributed by atoms with van der Waals surface area (Å²) < 4.78 is 18.0. The normalized spacial score (nSPS) is 12.6. The van der Waals surface area contributed by atoms with Gasteiger partial charge < -0.3 is 13.9 Å². The SMILES string of the molecule is O=c1nc2oc(-c3ccc4c(c3)OCO4)nn2c(=O)n1-c1ccccc1. The van der Waals surface area contributed by atoms with Crippen molar-refractivity contribution in [3.05, 3.63) is 69.5 Å². The highest BCUT2D eigenvalue weighted by molar-refractivity contribution is 5.60. The van der Waals surface area contributed by atoms with Gasteiger partial charge in [0.05, 0.1) is 5.69 Å². The van der Waals surface area contributed by atoms with Gasteiger partial charge in [-0.05, 0) is 30.3 Å². The molecule has 128 valence electrons. The van der Waals surface area contributed by atoms with Gasteiger partial charge in [0.2, 0.25) is 12.7 Å². The lowest BCUT2D eigenvalue weighted by Crippen LogP contribution is -2.38. The maximum atomic E-state index is 12.7. The van der Waals surface area contributed by atoms with Crippen LogP contribution in [0.1, 0.15) is 0 Å². The zero-order valence-corrected chi connectivity index (χ0v) is 13.2. The van der Waals surface area contributed by atoms with Crippen molar-refractivity contribution >= 4 is 5.84 Å². The predicted molar refractivity (Wildman–Crippen MR) is 88.7 cm³/mol. The number of rotatable bonds is 2. The molecule has 0 fully saturated rings. The van der Waals surface area contributed by atoms with Crippen LogP contribution in [0, 0.1) is 0 Å². The third kappa shape index (κ3) is 2.10. The molecule has 3 heterocycles. The summed E-state index contributed by atoms with van der Waals surface area (Å²) in [6, 6.07) is 13.6. The molecule has 26 heavy (non-hydrogen) atoms. The van der Waals surface area contributed by atoms with Crippen LogP contribution in [0.2, 0.25) is 0 Å². The molecule has 2 aromatic carbocycles. The third-order valence-corrected chi connectivity index (χ3v) is 3.95. The zero-order chi connectivity index (χ0) is 17.7. The molecule has 1 aliphatic rings. The fourth-order valence-corrected chi connectivity index (χ4v) is 2.73. The first kappa shape index (κ1) is 14.5. The molecular weight excluding hydrogens is 340 g/mol. The molecule has 0 radical (unpaired) electrons. The summed E-state index contributed by atoms with van der Waals surface area (Å²) in [5, 5.41) is 4.15. The predicted octanol–water partition coefficient (Wildman–Crippen LogP) is 1.23. The summed E-state index contributed by atoms with van der Waals surface area (Å²) in [5.74, 6) is 1.12. The minimum Gasteiger partial charge on any atom is -0.454 e. The van der Waals surface area contributed by atoms with Gasteiger partial charge in [0.15, 0.2) is 11.5 Å². The highest BCUT2D eigenvalue weighted by Gasteiger charge is 2.19. The smallest absolute Gasteiger partial charge is 0.362 e. The van der Waals surface area contributed by atoms with Gasteiger partial charge in [-0.1, -0.05) is 18.2 Å². The minimum atomic E-state index is -0.741. The van der Waals surface area contributed by atoms with E-state index in [9.17, 15) is 9.59 Å². The van der Waals surface area contributed by atoms with Crippen molar-refractivity contribution in [3.63, 3.8) is 0 Å². The van der Waals surface area contributed by atoms with Crippen LogP contribution >= 0.6 is 0 Å². The Morgan fingerprint density at radius 1 is 0.962 bits per heavy atom. The van der Waals surface area contributed by atoms with E-state index in [-0.39, 0.29) is 18.5 Å². The number of ether oxygens (including phenoxy) is 2. The van der Waals surface area contributed by atoms with E-state index in [0.29, 0.717) is 22.7 Å². The summed E-state index contributed by atoms with van der Waals surface area (Å²) in [6.07, 6.45) is 0. The van der Waals surface area contributed by atoms with Gasteiger partial charge >= 0.3 is 17.2 Å². The van der Waals surface area contributed by atoms with Crippen LogP contribution in [0.3, 0.4) is 0 Å². The van der Waals surface area contributed by atoms with Crippen molar-refractivity contribution in [3.8, 4) is 28.6 Å². The van der Waals surface area contributed by atoms with E-state index < -0.39 is 11.4 Å². The number of fused-ring (bicyclic) bond motifs is 2. The first-order valence-corrected chi connectivity index (χ1v) is 7.69. The second-order valence-corrected chi connectivity index (χ2v) is 5.52. The van der Waals surface area contributed by atoms with Crippen molar-refractivity contribution in [2.75, 3.05) is 6.79 Å². The van der Waals surface area contributed by atoms with Gasteiger partial charge in [-0.3, -0.25) is 0 Å². The molecule has 0 spiro atoms. The number of benzene rings is 2. The fourth-order valence-electron chi connectivity index (χ4n) is 2.73. The van der Waals surface area contributed by atoms with Gasteiger partial charge in [-0.15, -0.1) is 14.6 Å². The zero-order valence-electron chi connectivity index (χ0n) is 13.2. The van der Waals surface area contributed by atoms with E-state index in [4.69, 9.17) is 13.9 Å². The molecule has 9 nitrogen and oxygen atoms in total. The Kier molecular flexibility index (Phi) is 2.95. The lowest BCUT2D eigenvalue weighted by molar-refractivity contribution is 0.174. The lowest BCUT2D eigenvalue weighted by Gasteiger charge is -2.01. The summed E-state index contributed by atoms with van der Waals surface area (Å²) in [6.45, 7) is 0.143. The van der Waals surface area contributed by atoms with E-state index >= 15 is 0 Å². The van der Waals surface area contributed by atoms with Crippen molar-refractivity contribution in [2.24, 2.45) is 0 Å². The largest absolute Gasteiger partial charge is 0.454 e. The summed E-state index contributed by atoms with van der Waals surface area (Å²) >= 11 is 0. The Labute approximate surface area is 144 Å². The molecule has 0 saturated carbocycles. The van der Waals surface area contributed by atoms with Gasteiger partial charge in [0.25, 0.3) is 0 Å². The van der Waals surface area contributed by atoms with E-state index in [1.54, 1.807) is 48.5 Å². The van der Waals surface area contributed by atoms with Gasteiger partial charge in [0, 0.05) is 5.56 Å². The molecule has 5 rings (SSSR count). The Balaban J connectivity index is 1.70. The number of nitrogens with zero attached hydrogens (tertiary/aromatic N) is 4. The van der Waals surface area contributed by atoms with E-state index in [0.717, 1.165) is 9.08 Å². The Hall–Kier alpha value is -3.88. The molecule has 0 unspecified atom stereocenters. The van der Waals surface area contributed by atoms with Crippen molar-refractivity contribution < 1.29 is 13.9 Å². The first-order chi connectivity index (χ1) is 12.7. The first-order valence-electron chi connectivity index (χ1n) is 7.69. The standard InChI is InChI=1S/C17H10N4O5/c22-15-18-16-21(17(23)20(15)11-4-2-1-3-5-11)19-14(26-16)10-6-7-12-13(8-10)25-9-24-12/h1-8H,9H2. The Morgan fingerprint density at radius 3 is 2.62 bits per heavy atom. The summed E-state index contributed by atoms with van der Waals surface area (Å²) in [4.78, 5) is 28.8. The fraction of sp³-hybridized carbons (Fsp3) is 0.0588.